The Morgan fingerprint density at radius 1 is 1.25 bits per heavy atom. The Balaban J connectivity index is 1.48. The van der Waals surface area contributed by atoms with Gasteiger partial charge >= 0.3 is 0 Å². The van der Waals surface area contributed by atoms with Gasteiger partial charge in [0.2, 0.25) is 5.91 Å². The van der Waals surface area contributed by atoms with Crippen molar-refractivity contribution in [1.29, 1.82) is 0 Å². The van der Waals surface area contributed by atoms with Crippen LogP contribution in [0.25, 0.3) is 0 Å². The smallest absolute Gasteiger partial charge is 0.255 e. The fraction of sp³-hybridized carbons (Fsp3) is 0.500. The van der Waals surface area contributed by atoms with Crippen molar-refractivity contribution < 1.29 is 4.79 Å². The zero-order chi connectivity index (χ0) is 19.7. The number of H-pyrrole nitrogens is 1. The molecule has 1 N–H and O–H groups in total. The molecule has 0 unspecified atom stereocenters. The second-order valence-electron chi connectivity index (χ2n) is 8.21. The van der Waals surface area contributed by atoms with E-state index in [1.807, 2.05) is 43.1 Å². The highest BCUT2D eigenvalue weighted by atomic mass is 16.2. The molecule has 1 aromatic carbocycles. The van der Waals surface area contributed by atoms with E-state index in [0.717, 1.165) is 55.0 Å². The number of rotatable bonds is 3. The van der Waals surface area contributed by atoms with Crippen LogP contribution in [0.4, 0.5) is 0 Å². The van der Waals surface area contributed by atoms with Crippen molar-refractivity contribution in [3.8, 4) is 0 Å². The van der Waals surface area contributed by atoms with Gasteiger partial charge in [0.15, 0.2) is 0 Å². The van der Waals surface area contributed by atoms with E-state index in [1.165, 1.54) is 5.56 Å². The van der Waals surface area contributed by atoms with Crippen molar-refractivity contribution in [2.24, 2.45) is 0 Å². The number of hydrogen-bond donors (Lipinski definition) is 1. The summed E-state index contributed by atoms with van der Waals surface area (Å²) in [6, 6.07) is 8.13. The molecule has 2 aliphatic rings. The second-order valence-corrected chi connectivity index (χ2v) is 8.21. The zero-order valence-electron chi connectivity index (χ0n) is 16.7. The average Bonchev–Trinajstić information content (AvgIpc) is 2.70. The normalized spacial score (nSPS) is 20.1. The number of carbonyl (C=O) groups is 1. The lowest BCUT2D eigenvalue weighted by atomic mass is 9.95. The summed E-state index contributed by atoms with van der Waals surface area (Å²) in [5.74, 6) is 1.00. The van der Waals surface area contributed by atoms with E-state index < -0.39 is 0 Å². The summed E-state index contributed by atoms with van der Waals surface area (Å²) in [6.45, 7) is 5.04. The van der Waals surface area contributed by atoms with Crippen LogP contribution < -0.4 is 5.56 Å². The summed E-state index contributed by atoms with van der Waals surface area (Å²) in [5, 5.41) is 0. The summed E-state index contributed by atoms with van der Waals surface area (Å²) in [6.07, 6.45) is 3.13. The average molecular weight is 380 g/mol. The Kier molecular flexibility index (Phi) is 5.31. The van der Waals surface area contributed by atoms with Gasteiger partial charge in [0.05, 0.1) is 17.7 Å². The minimum absolute atomic E-state index is 0.0188. The number of aromatic amines is 1. The largest absolute Gasteiger partial charge is 0.342 e. The number of hydrogen-bond acceptors (Lipinski definition) is 4. The Morgan fingerprint density at radius 2 is 2.04 bits per heavy atom. The highest BCUT2D eigenvalue weighted by molar-refractivity contribution is 5.79. The quantitative estimate of drug-likeness (QED) is 0.884. The molecule has 148 valence electrons. The third kappa shape index (κ3) is 4.02. The molecule has 1 atom stereocenters. The van der Waals surface area contributed by atoms with Crippen LogP contribution in [0.3, 0.4) is 0 Å². The highest BCUT2D eigenvalue weighted by Gasteiger charge is 2.28. The van der Waals surface area contributed by atoms with Crippen LogP contribution in [0, 0.1) is 6.92 Å². The monoisotopic (exact) mass is 380 g/mol. The number of nitrogens with one attached hydrogen (secondary N) is 1. The second kappa shape index (κ2) is 7.87. The highest BCUT2D eigenvalue weighted by Crippen LogP contribution is 2.25. The lowest BCUT2D eigenvalue weighted by molar-refractivity contribution is -0.131. The van der Waals surface area contributed by atoms with Gasteiger partial charge in [-0.3, -0.25) is 9.59 Å². The van der Waals surface area contributed by atoms with Crippen LogP contribution in [-0.2, 0) is 24.2 Å². The molecular formula is C22H28N4O2. The first kappa shape index (κ1) is 18.9. The molecule has 2 aromatic rings. The number of nitrogens with zero attached hydrogens (tertiary/aromatic N) is 3. The Bertz CT molecular complexity index is 919. The molecule has 6 nitrogen and oxygen atoms in total. The van der Waals surface area contributed by atoms with Crippen molar-refractivity contribution in [1.82, 2.24) is 19.8 Å². The minimum Gasteiger partial charge on any atom is -0.342 e. The van der Waals surface area contributed by atoms with Crippen molar-refractivity contribution in [3.05, 3.63) is 62.8 Å². The zero-order valence-corrected chi connectivity index (χ0v) is 16.7. The van der Waals surface area contributed by atoms with Gasteiger partial charge in [0.25, 0.3) is 5.56 Å². The van der Waals surface area contributed by atoms with Gasteiger partial charge in [0, 0.05) is 38.5 Å². The molecule has 0 saturated carbocycles. The third-order valence-electron chi connectivity index (χ3n) is 5.91. The molecule has 0 spiro atoms. The Morgan fingerprint density at radius 3 is 2.82 bits per heavy atom. The van der Waals surface area contributed by atoms with Gasteiger partial charge in [-0.25, -0.2) is 4.98 Å². The van der Waals surface area contributed by atoms with Gasteiger partial charge in [-0.1, -0.05) is 29.8 Å². The molecule has 0 radical (unpaired) electrons. The Hall–Kier alpha value is -2.47. The third-order valence-corrected chi connectivity index (χ3v) is 5.91. The maximum atomic E-state index is 12.8. The van der Waals surface area contributed by atoms with Crippen LogP contribution in [0.1, 0.15) is 47.0 Å². The van der Waals surface area contributed by atoms with E-state index >= 15 is 0 Å². The predicted octanol–water partition coefficient (Wildman–Crippen LogP) is 2.01. The summed E-state index contributed by atoms with van der Waals surface area (Å²) >= 11 is 0. The van der Waals surface area contributed by atoms with E-state index in [-0.39, 0.29) is 17.4 Å². The lowest BCUT2D eigenvalue weighted by Crippen LogP contribution is -2.41. The first-order chi connectivity index (χ1) is 13.5. The van der Waals surface area contributed by atoms with E-state index in [9.17, 15) is 9.59 Å². The molecule has 3 heterocycles. The predicted molar refractivity (Wildman–Crippen MR) is 108 cm³/mol. The van der Waals surface area contributed by atoms with Crippen LogP contribution >= 0.6 is 0 Å². The van der Waals surface area contributed by atoms with E-state index in [1.54, 1.807) is 0 Å². The molecule has 0 bridgehead atoms. The van der Waals surface area contributed by atoms with E-state index in [2.05, 4.69) is 9.88 Å². The minimum atomic E-state index is -0.0188. The summed E-state index contributed by atoms with van der Waals surface area (Å²) in [5.41, 5.74) is 3.94. The number of fused-ring (bicyclic) bond motifs is 1. The van der Waals surface area contributed by atoms with Crippen molar-refractivity contribution in [3.63, 3.8) is 0 Å². The van der Waals surface area contributed by atoms with Crippen molar-refractivity contribution in [2.75, 3.05) is 26.7 Å². The molecule has 1 aromatic heterocycles. The number of piperidine rings is 1. The Labute approximate surface area is 165 Å². The number of amides is 1. The van der Waals surface area contributed by atoms with Crippen LogP contribution in [0.15, 0.2) is 29.1 Å². The fourth-order valence-electron chi connectivity index (χ4n) is 4.19. The maximum absolute atomic E-state index is 12.8. The van der Waals surface area contributed by atoms with Gasteiger partial charge in [-0.15, -0.1) is 0 Å². The number of carbonyl (C=O) groups excluding carboxylic acids is 1. The van der Waals surface area contributed by atoms with Crippen molar-refractivity contribution >= 4 is 5.91 Å². The molecule has 6 heteroatoms. The topological polar surface area (TPSA) is 69.3 Å². The van der Waals surface area contributed by atoms with Crippen LogP contribution in [-0.4, -0.2) is 52.4 Å². The van der Waals surface area contributed by atoms with Crippen LogP contribution in [0.2, 0.25) is 0 Å². The molecule has 0 aliphatic carbocycles. The summed E-state index contributed by atoms with van der Waals surface area (Å²) < 4.78 is 0. The van der Waals surface area contributed by atoms with Crippen LogP contribution in [0.5, 0.6) is 0 Å². The fourth-order valence-corrected chi connectivity index (χ4v) is 4.19. The molecule has 1 saturated heterocycles. The molecular weight excluding hydrogens is 352 g/mol. The first-order valence-electron chi connectivity index (χ1n) is 10.1. The number of benzene rings is 1. The standard InChI is InChI=1S/C22H28N4O2/c1-15-5-7-16(8-6-15)12-20(27)26-10-3-4-17(13-26)21-23-19-9-11-25(2)14-18(19)22(28)24-21/h5-8,17H,3-4,9-14H2,1-2H3,(H,23,24,28)/t17-/m1/s1. The SMILES string of the molecule is Cc1ccc(CC(=O)N2CCC[C@@H](c3nc4c(c(=O)[nH]3)CN(C)CC4)C2)cc1. The van der Waals surface area contributed by atoms with Gasteiger partial charge in [0.1, 0.15) is 5.82 Å². The van der Waals surface area contributed by atoms with Crippen molar-refractivity contribution in [2.45, 2.75) is 45.1 Å². The van der Waals surface area contributed by atoms with E-state index in [4.69, 9.17) is 4.98 Å². The summed E-state index contributed by atoms with van der Waals surface area (Å²) in [7, 11) is 2.02. The first-order valence-corrected chi connectivity index (χ1v) is 10.1. The van der Waals surface area contributed by atoms with E-state index in [0.29, 0.717) is 19.5 Å². The molecule has 2 aliphatic heterocycles. The molecule has 1 amide bonds. The summed E-state index contributed by atoms with van der Waals surface area (Å²) in [4.78, 5) is 37.2. The maximum Gasteiger partial charge on any atom is 0.255 e. The lowest BCUT2D eigenvalue weighted by Gasteiger charge is -2.33. The van der Waals surface area contributed by atoms with Gasteiger partial charge in [-0.2, -0.15) is 0 Å². The number of aromatic nitrogens is 2. The number of aryl methyl sites for hydroxylation is 1. The molecule has 28 heavy (non-hydrogen) atoms. The number of likely N-dealkylation sites (tertiary alicyclic amines) is 1. The molecule has 4 rings (SSSR count). The van der Waals surface area contributed by atoms with Gasteiger partial charge < -0.3 is 14.8 Å². The van der Waals surface area contributed by atoms with Gasteiger partial charge in [-0.05, 0) is 32.4 Å². The number of likely N-dealkylation sites (N-methyl/N-ethyl adjacent to an activating group) is 1. The molecule has 1 fully saturated rings.